The quantitative estimate of drug-likeness (QED) is 0.781. The molecule has 0 aliphatic rings. The maximum atomic E-state index is 12.1. The molecular weight excluding hydrogens is 276 g/mol. The standard InChI is InChI=1S/C16H17F2NO2/c1-12(19-20-11-13-5-3-2-4-6-13)14-7-9-15(10-8-14)21-16(17)18/h2-10,12,16,19H,11H2,1H3. The highest BCUT2D eigenvalue weighted by Crippen LogP contribution is 2.19. The van der Waals surface area contributed by atoms with Crippen LogP contribution in [0.2, 0.25) is 0 Å². The van der Waals surface area contributed by atoms with E-state index < -0.39 is 6.61 Å². The molecule has 2 aromatic rings. The molecule has 112 valence electrons. The third kappa shape index (κ3) is 5.13. The highest BCUT2D eigenvalue weighted by Gasteiger charge is 2.07. The van der Waals surface area contributed by atoms with Crippen LogP contribution in [0.15, 0.2) is 54.6 Å². The third-order valence-electron chi connectivity index (χ3n) is 2.95. The van der Waals surface area contributed by atoms with E-state index in [0.717, 1.165) is 11.1 Å². The van der Waals surface area contributed by atoms with E-state index in [9.17, 15) is 8.78 Å². The number of ether oxygens (including phenoxy) is 1. The summed E-state index contributed by atoms with van der Waals surface area (Å²) in [7, 11) is 0. The Kier molecular flexibility index (Phi) is 5.66. The second kappa shape index (κ2) is 7.71. The van der Waals surface area contributed by atoms with Crippen LogP contribution in [0, 0.1) is 0 Å². The van der Waals surface area contributed by atoms with Crippen LogP contribution in [0.1, 0.15) is 24.1 Å². The van der Waals surface area contributed by atoms with Gasteiger partial charge in [-0.3, -0.25) is 4.84 Å². The summed E-state index contributed by atoms with van der Waals surface area (Å²) >= 11 is 0. The summed E-state index contributed by atoms with van der Waals surface area (Å²) < 4.78 is 28.4. The first kappa shape index (κ1) is 15.4. The predicted octanol–water partition coefficient (Wildman–Crippen LogP) is 4.07. The summed E-state index contributed by atoms with van der Waals surface area (Å²) in [6.45, 7) is -0.424. The molecule has 0 saturated heterocycles. The molecule has 2 rings (SSSR count). The minimum Gasteiger partial charge on any atom is -0.435 e. The van der Waals surface area contributed by atoms with E-state index in [0.29, 0.717) is 6.61 Å². The molecule has 0 heterocycles. The number of hydroxylamine groups is 1. The number of rotatable bonds is 7. The Bertz CT molecular complexity index is 532. The molecule has 0 aliphatic heterocycles. The van der Waals surface area contributed by atoms with Crippen LogP contribution < -0.4 is 10.2 Å². The van der Waals surface area contributed by atoms with Gasteiger partial charge in [-0.15, -0.1) is 0 Å². The average molecular weight is 293 g/mol. The largest absolute Gasteiger partial charge is 0.435 e. The van der Waals surface area contributed by atoms with Crippen LogP contribution in [-0.2, 0) is 11.4 Å². The molecule has 1 unspecified atom stereocenters. The lowest BCUT2D eigenvalue weighted by Gasteiger charge is -2.15. The van der Waals surface area contributed by atoms with Crippen LogP contribution in [0.25, 0.3) is 0 Å². The fourth-order valence-corrected chi connectivity index (χ4v) is 1.83. The van der Waals surface area contributed by atoms with Crippen molar-refractivity contribution in [2.24, 2.45) is 0 Å². The summed E-state index contributed by atoms with van der Waals surface area (Å²) in [5.41, 5.74) is 4.91. The maximum Gasteiger partial charge on any atom is 0.387 e. The molecule has 0 spiro atoms. The Balaban J connectivity index is 1.81. The molecule has 1 N–H and O–H groups in total. The van der Waals surface area contributed by atoms with Crippen LogP contribution in [-0.4, -0.2) is 6.61 Å². The van der Waals surface area contributed by atoms with E-state index in [1.807, 2.05) is 37.3 Å². The summed E-state index contributed by atoms with van der Waals surface area (Å²) in [6, 6.07) is 16.2. The first-order valence-corrected chi connectivity index (χ1v) is 6.61. The van der Waals surface area contributed by atoms with Gasteiger partial charge in [-0.1, -0.05) is 42.5 Å². The number of hydrogen-bond donors (Lipinski definition) is 1. The average Bonchev–Trinajstić information content (AvgIpc) is 2.48. The normalized spacial score (nSPS) is 12.4. The van der Waals surface area contributed by atoms with Crippen LogP contribution >= 0.6 is 0 Å². The number of alkyl halides is 2. The van der Waals surface area contributed by atoms with Gasteiger partial charge in [0.2, 0.25) is 0 Å². The van der Waals surface area contributed by atoms with E-state index >= 15 is 0 Å². The number of benzene rings is 2. The maximum absolute atomic E-state index is 12.1. The lowest BCUT2D eigenvalue weighted by molar-refractivity contribution is -0.0498. The van der Waals surface area contributed by atoms with Crippen molar-refractivity contribution in [1.82, 2.24) is 5.48 Å². The van der Waals surface area contributed by atoms with Gasteiger partial charge < -0.3 is 4.74 Å². The predicted molar refractivity (Wildman–Crippen MR) is 75.9 cm³/mol. The van der Waals surface area contributed by atoms with Crippen LogP contribution in [0.3, 0.4) is 0 Å². The van der Waals surface area contributed by atoms with Crippen molar-refractivity contribution in [3.63, 3.8) is 0 Å². The zero-order chi connectivity index (χ0) is 15.1. The van der Waals surface area contributed by atoms with Crippen molar-refractivity contribution in [2.75, 3.05) is 0 Å². The topological polar surface area (TPSA) is 30.5 Å². The van der Waals surface area contributed by atoms with Gasteiger partial charge in [0, 0.05) is 0 Å². The van der Waals surface area contributed by atoms with Gasteiger partial charge >= 0.3 is 6.61 Å². The minimum absolute atomic E-state index is 0.0608. The van der Waals surface area contributed by atoms with Gasteiger partial charge in [-0.05, 0) is 30.2 Å². The SMILES string of the molecule is CC(NOCc1ccccc1)c1ccc(OC(F)F)cc1. The van der Waals surface area contributed by atoms with E-state index in [1.165, 1.54) is 12.1 Å². The Hall–Kier alpha value is -1.98. The molecule has 0 aromatic heterocycles. The van der Waals surface area contributed by atoms with Gasteiger partial charge in [0.15, 0.2) is 0 Å². The van der Waals surface area contributed by atoms with Gasteiger partial charge in [-0.25, -0.2) is 0 Å². The number of nitrogens with one attached hydrogen (secondary N) is 1. The molecular formula is C16H17F2NO2. The highest BCUT2D eigenvalue weighted by atomic mass is 19.3. The summed E-state index contributed by atoms with van der Waals surface area (Å²) in [4.78, 5) is 5.43. The second-order valence-electron chi connectivity index (χ2n) is 4.56. The lowest BCUT2D eigenvalue weighted by atomic mass is 10.1. The van der Waals surface area contributed by atoms with E-state index in [2.05, 4.69) is 10.2 Å². The molecule has 0 fully saturated rings. The summed E-state index contributed by atoms with van der Waals surface area (Å²) in [6.07, 6.45) is 0. The Morgan fingerprint density at radius 3 is 2.29 bits per heavy atom. The van der Waals surface area contributed by atoms with E-state index in [4.69, 9.17) is 4.84 Å². The second-order valence-corrected chi connectivity index (χ2v) is 4.56. The molecule has 0 bridgehead atoms. The zero-order valence-electron chi connectivity index (χ0n) is 11.6. The van der Waals surface area contributed by atoms with E-state index in [-0.39, 0.29) is 11.8 Å². The lowest BCUT2D eigenvalue weighted by Crippen LogP contribution is -2.19. The van der Waals surface area contributed by atoms with Crippen LogP contribution in [0.4, 0.5) is 8.78 Å². The van der Waals surface area contributed by atoms with Gasteiger partial charge in [-0.2, -0.15) is 14.3 Å². The van der Waals surface area contributed by atoms with Crippen molar-refractivity contribution in [2.45, 2.75) is 26.2 Å². The van der Waals surface area contributed by atoms with Gasteiger partial charge in [0.05, 0.1) is 12.6 Å². The monoisotopic (exact) mass is 293 g/mol. The minimum atomic E-state index is -2.80. The molecule has 5 heteroatoms. The number of hydrogen-bond acceptors (Lipinski definition) is 3. The van der Waals surface area contributed by atoms with Gasteiger partial charge in [0.1, 0.15) is 5.75 Å². The van der Waals surface area contributed by atoms with Crippen LogP contribution in [0.5, 0.6) is 5.75 Å². The fourth-order valence-electron chi connectivity index (χ4n) is 1.83. The molecule has 0 saturated carbocycles. The van der Waals surface area contributed by atoms with Crippen molar-refractivity contribution in [1.29, 1.82) is 0 Å². The Morgan fingerprint density at radius 1 is 1.00 bits per heavy atom. The first-order valence-electron chi connectivity index (χ1n) is 6.61. The van der Waals surface area contributed by atoms with E-state index in [1.54, 1.807) is 12.1 Å². The molecule has 21 heavy (non-hydrogen) atoms. The smallest absolute Gasteiger partial charge is 0.387 e. The molecule has 0 radical (unpaired) electrons. The molecule has 0 amide bonds. The molecule has 0 aliphatic carbocycles. The Labute approximate surface area is 122 Å². The summed E-state index contributed by atoms with van der Waals surface area (Å²) in [5.74, 6) is 0.145. The van der Waals surface area contributed by atoms with Gasteiger partial charge in [0.25, 0.3) is 0 Å². The van der Waals surface area contributed by atoms with Crippen molar-refractivity contribution in [3.05, 3.63) is 65.7 Å². The highest BCUT2D eigenvalue weighted by molar-refractivity contribution is 5.28. The zero-order valence-corrected chi connectivity index (χ0v) is 11.6. The fraction of sp³-hybridized carbons (Fsp3) is 0.250. The molecule has 1 atom stereocenters. The molecule has 2 aromatic carbocycles. The number of halogens is 2. The van der Waals surface area contributed by atoms with Crippen molar-refractivity contribution in [3.8, 4) is 5.75 Å². The molecule has 3 nitrogen and oxygen atoms in total. The Morgan fingerprint density at radius 2 is 1.67 bits per heavy atom. The summed E-state index contributed by atoms with van der Waals surface area (Å²) in [5, 5.41) is 0. The van der Waals surface area contributed by atoms with Crippen molar-refractivity contribution >= 4 is 0 Å². The third-order valence-corrected chi connectivity index (χ3v) is 2.95. The first-order chi connectivity index (χ1) is 10.1. The van der Waals surface area contributed by atoms with Crippen molar-refractivity contribution < 1.29 is 18.4 Å².